The van der Waals surface area contributed by atoms with Gasteiger partial charge >= 0.3 is 0 Å². The summed E-state index contributed by atoms with van der Waals surface area (Å²) in [5, 5.41) is 9.75. The highest BCUT2D eigenvalue weighted by Gasteiger charge is 2.10. The SMILES string of the molecule is C=CCCC(O)c1ccc(F)cc1I. The molecule has 1 unspecified atom stereocenters. The summed E-state index contributed by atoms with van der Waals surface area (Å²) in [5.41, 5.74) is 0.786. The lowest BCUT2D eigenvalue weighted by atomic mass is 10.1. The molecule has 0 aliphatic rings. The second-order valence-electron chi connectivity index (χ2n) is 3.05. The van der Waals surface area contributed by atoms with Gasteiger partial charge in [0.05, 0.1) is 6.10 Å². The van der Waals surface area contributed by atoms with Gasteiger partial charge in [0.25, 0.3) is 0 Å². The first-order valence-electron chi connectivity index (χ1n) is 4.39. The van der Waals surface area contributed by atoms with Crippen molar-refractivity contribution in [3.05, 3.63) is 45.8 Å². The number of rotatable bonds is 4. The van der Waals surface area contributed by atoms with Crippen LogP contribution in [0.25, 0.3) is 0 Å². The summed E-state index contributed by atoms with van der Waals surface area (Å²) in [6.07, 6.45) is 2.62. The lowest BCUT2D eigenvalue weighted by molar-refractivity contribution is 0.168. The summed E-state index contributed by atoms with van der Waals surface area (Å²) in [5.74, 6) is -0.269. The number of aliphatic hydroxyl groups is 1. The van der Waals surface area contributed by atoms with E-state index in [9.17, 15) is 9.50 Å². The van der Waals surface area contributed by atoms with Crippen molar-refractivity contribution in [1.29, 1.82) is 0 Å². The predicted octanol–water partition coefficient (Wildman–Crippen LogP) is 3.43. The molecule has 1 N–H and O–H groups in total. The van der Waals surface area contributed by atoms with E-state index in [2.05, 4.69) is 6.58 Å². The summed E-state index contributed by atoms with van der Waals surface area (Å²) in [6.45, 7) is 3.59. The van der Waals surface area contributed by atoms with Crippen LogP contribution in [-0.2, 0) is 0 Å². The molecule has 0 bridgehead atoms. The number of hydrogen-bond donors (Lipinski definition) is 1. The molecule has 0 aliphatic carbocycles. The van der Waals surface area contributed by atoms with E-state index >= 15 is 0 Å². The first kappa shape index (κ1) is 11.7. The van der Waals surface area contributed by atoms with Crippen molar-refractivity contribution in [3.8, 4) is 0 Å². The van der Waals surface area contributed by atoms with Gasteiger partial charge in [-0.2, -0.15) is 0 Å². The zero-order valence-electron chi connectivity index (χ0n) is 7.71. The molecule has 0 heterocycles. The molecule has 14 heavy (non-hydrogen) atoms. The van der Waals surface area contributed by atoms with Crippen molar-refractivity contribution < 1.29 is 9.50 Å². The molecule has 0 saturated carbocycles. The van der Waals surface area contributed by atoms with Crippen LogP contribution in [0.2, 0.25) is 0 Å². The molecule has 3 heteroatoms. The monoisotopic (exact) mass is 306 g/mol. The molecule has 0 saturated heterocycles. The first-order valence-corrected chi connectivity index (χ1v) is 5.47. The van der Waals surface area contributed by atoms with Crippen molar-refractivity contribution in [3.63, 3.8) is 0 Å². The smallest absolute Gasteiger partial charge is 0.124 e. The Morgan fingerprint density at radius 3 is 2.86 bits per heavy atom. The number of allylic oxidation sites excluding steroid dienone is 1. The number of halogens is 2. The van der Waals surface area contributed by atoms with Gasteiger partial charge in [-0.05, 0) is 53.1 Å². The van der Waals surface area contributed by atoms with Gasteiger partial charge in [0.15, 0.2) is 0 Å². The van der Waals surface area contributed by atoms with E-state index in [1.165, 1.54) is 12.1 Å². The largest absolute Gasteiger partial charge is 0.388 e. The van der Waals surface area contributed by atoms with Crippen LogP contribution in [0, 0.1) is 9.39 Å². The van der Waals surface area contributed by atoms with Gasteiger partial charge in [-0.1, -0.05) is 12.1 Å². The van der Waals surface area contributed by atoms with Gasteiger partial charge in [0.1, 0.15) is 5.82 Å². The number of hydrogen-bond acceptors (Lipinski definition) is 1. The van der Waals surface area contributed by atoms with Crippen LogP contribution in [0.5, 0.6) is 0 Å². The zero-order chi connectivity index (χ0) is 10.6. The van der Waals surface area contributed by atoms with Gasteiger partial charge in [-0.3, -0.25) is 0 Å². The van der Waals surface area contributed by atoms with E-state index in [0.29, 0.717) is 6.42 Å². The maximum Gasteiger partial charge on any atom is 0.124 e. The van der Waals surface area contributed by atoms with Gasteiger partial charge in [-0.25, -0.2) is 4.39 Å². The van der Waals surface area contributed by atoms with E-state index in [1.54, 1.807) is 12.1 Å². The summed E-state index contributed by atoms with van der Waals surface area (Å²) < 4.78 is 13.5. The topological polar surface area (TPSA) is 20.2 Å². The Labute approximate surface area is 96.8 Å². The van der Waals surface area contributed by atoms with Crippen LogP contribution < -0.4 is 0 Å². The first-order chi connectivity index (χ1) is 6.65. The van der Waals surface area contributed by atoms with Gasteiger partial charge in [0, 0.05) is 3.57 Å². The fourth-order valence-electron chi connectivity index (χ4n) is 1.20. The number of benzene rings is 1. The molecule has 1 nitrogen and oxygen atoms in total. The predicted molar refractivity (Wildman–Crippen MR) is 63.5 cm³/mol. The summed E-state index contributed by atoms with van der Waals surface area (Å²) in [7, 11) is 0. The van der Waals surface area contributed by atoms with E-state index < -0.39 is 6.10 Å². The molecule has 1 aromatic rings. The fourth-order valence-corrected chi connectivity index (χ4v) is 2.04. The average molecular weight is 306 g/mol. The molecule has 0 amide bonds. The summed E-state index contributed by atoms with van der Waals surface area (Å²) in [6, 6.07) is 4.42. The van der Waals surface area contributed by atoms with Crippen LogP contribution >= 0.6 is 22.6 Å². The molecule has 0 fully saturated rings. The highest BCUT2D eigenvalue weighted by molar-refractivity contribution is 14.1. The van der Waals surface area contributed by atoms with Crippen molar-refractivity contribution in [1.82, 2.24) is 0 Å². The van der Waals surface area contributed by atoms with Crippen LogP contribution in [0.1, 0.15) is 24.5 Å². The molecule has 0 aromatic heterocycles. The second kappa shape index (κ2) is 5.46. The molecule has 1 atom stereocenters. The molecule has 1 rings (SSSR count). The molecule has 0 spiro atoms. The summed E-state index contributed by atoms with van der Waals surface area (Å²) >= 11 is 2.03. The third-order valence-corrected chi connectivity index (χ3v) is 2.90. The van der Waals surface area contributed by atoms with E-state index in [0.717, 1.165) is 15.6 Å². The number of aliphatic hydroxyl groups excluding tert-OH is 1. The van der Waals surface area contributed by atoms with Crippen molar-refractivity contribution in [2.75, 3.05) is 0 Å². The minimum atomic E-state index is -0.527. The normalized spacial score (nSPS) is 12.5. The highest BCUT2D eigenvalue weighted by atomic mass is 127. The third kappa shape index (κ3) is 3.06. The van der Waals surface area contributed by atoms with E-state index in [1.807, 2.05) is 22.6 Å². The van der Waals surface area contributed by atoms with E-state index in [4.69, 9.17) is 0 Å². The molecule has 0 radical (unpaired) electrons. The molecule has 1 aromatic carbocycles. The Hall–Kier alpha value is -0.420. The molecular weight excluding hydrogens is 294 g/mol. The second-order valence-corrected chi connectivity index (χ2v) is 4.21. The Bertz CT molecular complexity index is 325. The van der Waals surface area contributed by atoms with Crippen LogP contribution in [0.15, 0.2) is 30.9 Å². The van der Waals surface area contributed by atoms with Crippen molar-refractivity contribution >= 4 is 22.6 Å². The molecular formula is C11H12FIO. The lowest BCUT2D eigenvalue weighted by Gasteiger charge is -2.11. The third-order valence-electron chi connectivity index (χ3n) is 1.97. The zero-order valence-corrected chi connectivity index (χ0v) is 9.87. The van der Waals surface area contributed by atoms with Crippen LogP contribution in [0.3, 0.4) is 0 Å². The quantitative estimate of drug-likeness (QED) is 0.667. The Morgan fingerprint density at radius 1 is 1.57 bits per heavy atom. The maximum atomic E-state index is 12.8. The lowest BCUT2D eigenvalue weighted by Crippen LogP contribution is -1.99. The van der Waals surface area contributed by atoms with Crippen molar-refractivity contribution in [2.24, 2.45) is 0 Å². The molecule has 76 valence electrons. The maximum absolute atomic E-state index is 12.8. The highest BCUT2D eigenvalue weighted by Crippen LogP contribution is 2.24. The minimum absolute atomic E-state index is 0.269. The van der Waals surface area contributed by atoms with E-state index in [-0.39, 0.29) is 5.82 Å². The van der Waals surface area contributed by atoms with Crippen LogP contribution in [-0.4, -0.2) is 5.11 Å². The Kier molecular flexibility index (Phi) is 4.54. The van der Waals surface area contributed by atoms with Gasteiger partial charge in [0.2, 0.25) is 0 Å². The Morgan fingerprint density at radius 2 is 2.29 bits per heavy atom. The summed E-state index contributed by atoms with van der Waals surface area (Å²) in [4.78, 5) is 0. The van der Waals surface area contributed by atoms with Gasteiger partial charge < -0.3 is 5.11 Å². The van der Waals surface area contributed by atoms with Gasteiger partial charge in [-0.15, -0.1) is 6.58 Å². The Balaban J connectivity index is 2.78. The van der Waals surface area contributed by atoms with Crippen molar-refractivity contribution in [2.45, 2.75) is 18.9 Å². The molecule has 0 aliphatic heterocycles. The standard InChI is InChI=1S/C11H12FIO/c1-2-3-4-11(14)9-6-5-8(12)7-10(9)13/h2,5-7,11,14H,1,3-4H2. The fraction of sp³-hybridized carbons (Fsp3) is 0.273. The van der Waals surface area contributed by atoms with Crippen LogP contribution in [0.4, 0.5) is 4.39 Å². The average Bonchev–Trinajstić information content (AvgIpc) is 2.14. The minimum Gasteiger partial charge on any atom is -0.388 e.